The normalized spacial score (nSPS) is 14.4. The Hall–Kier alpha value is -1.28. The van der Waals surface area contributed by atoms with Gasteiger partial charge in [-0.3, -0.25) is 10.00 Å². The lowest BCUT2D eigenvalue weighted by molar-refractivity contribution is 0.188. The number of aromatic nitrogens is 3. The standard InChI is InChI=1S/C17H17BrN4S2/c18-13-5-3-12(4-6-13)16-19-17(23)22(20-16)11-21(14-7-8-14)10-15-2-1-9-24-15/h1-6,9,14H,7-8,10-11H2,(H,19,20,23). The topological polar surface area (TPSA) is 36.9 Å². The van der Waals surface area contributed by atoms with Crippen molar-refractivity contribution in [2.24, 2.45) is 0 Å². The predicted molar refractivity (Wildman–Crippen MR) is 103 cm³/mol. The number of rotatable bonds is 6. The number of benzene rings is 1. The number of H-pyrrole nitrogens is 1. The summed E-state index contributed by atoms with van der Waals surface area (Å²) in [6, 6.07) is 13.1. The van der Waals surface area contributed by atoms with Gasteiger partial charge in [0, 0.05) is 27.5 Å². The molecule has 24 heavy (non-hydrogen) atoms. The van der Waals surface area contributed by atoms with Crippen molar-refractivity contribution < 1.29 is 0 Å². The molecule has 0 atom stereocenters. The maximum Gasteiger partial charge on any atom is 0.217 e. The Labute approximate surface area is 158 Å². The molecular weight excluding hydrogens is 404 g/mol. The first kappa shape index (κ1) is 16.2. The summed E-state index contributed by atoms with van der Waals surface area (Å²) in [6.45, 7) is 1.72. The Morgan fingerprint density at radius 2 is 2.08 bits per heavy atom. The average Bonchev–Trinajstić information content (AvgIpc) is 3.18. The third kappa shape index (κ3) is 3.69. The minimum Gasteiger partial charge on any atom is -0.278 e. The van der Waals surface area contributed by atoms with Crippen LogP contribution in [-0.4, -0.2) is 25.7 Å². The van der Waals surface area contributed by atoms with Crippen LogP contribution in [0.5, 0.6) is 0 Å². The molecule has 1 N–H and O–H groups in total. The monoisotopic (exact) mass is 420 g/mol. The van der Waals surface area contributed by atoms with Crippen LogP contribution in [0.1, 0.15) is 17.7 Å². The molecule has 0 aliphatic heterocycles. The van der Waals surface area contributed by atoms with E-state index in [1.54, 1.807) is 0 Å². The molecule has 0 radical (unpaired) electrons. The number of aromatic amines is 1. The van der Waals surface area contributed by atoms with Gasteiger partial charge >= 0.3 is 0 Å². The summed E-state index contributed by atoms with van der Waals surface area (Å²) in [5, 5.41) is 5.49. The lowest BCUT2D eigenvalue weighted by Gasteiger charge is -2.21. The molecule has 0 amide bonds. The van der Waals surface area contributed by atoms with E-state index in [1.165, 1.54) is 17.7 Å². The summed E-state index contributed by atoms with van der Waals surface area (Å²) in [6.07, 6.45) is 2.54. The molecule has 0 unspecified atom stereocenters. The maximum absolute atomic E-state index is 5.46. The third-order valence-electron chi connectivity index (χ3n) is 4.12. The van der Waals surface area contributed by atoms with Crippen LogP contribution < -0.4 is 0 Å². The van der Waals surface area contributed by atoms with Gasteiger partial charge in [-0.25, -0.2) is 4.68 Å². The summed E-state index contributed by atoms with van der Waals surface area (Å²) in [5.74, 6) is 0.819. The number of thiophene rings is 1. The van der Waals surface area contributed by atoms with E-state index in [-0.39, 0.29) is 0 Å². The second-order valence-electron chi connectivity index (χ2n) is 5.99. The quantitative estimate of drug-likeness (QED) is 0.566. The van der Waals surface area contributed by atoms with E-state index >= 15 is 0 Å². The first-order valence-electron chi connectivity index (χ1n) is 7.88. The van der Waals surface area contributed by atoms with E-state index in [4.69, 9.17) is 12.2 Å². The molecule has 4 nitrogen and oxygen atoms in total. The molecule has 0 bridgehead atoms. The zero-order chi connectivity index (χ0) is 16.5. The first-order chi connectivity index (χ1) is 11.7. The highest BCUT2D eigenvalue weighted by atomic mass is 79.9. The minimum atomic E-state index is 0.602. The zero-order valence-electron chi connectivity index (χ0n) is 13.0. The van der Waals surface area contributed by atoms with Crippen LogP contribution in [-0.2, 0) is 13.2 Å². The molecular formula is C17H17BrN4S2. The van der Waals surface area contributed by atoms with Gasteiger partial charge in [-0.15, -0.1) is 11.3 Å². The van der Waals surface area contributed by atoms with E-state index in [2.05, 4.69) is 48.4 Å². The van der Waals surface area contributed by atoms with Gasteiger partial charge < -0.3 is 0 Å². The molecule has 2 aromatic heterocycles. The predicted octanol–water partition coefficient (Wildman–Crippen LogP) is 5.05. The van der Waals surface area contributed by atoms with Gasteiger partial charge in [0.2, 0.25) is 4.77 Å². The molecule has 1 fully saturated rings. The Balaban J connectivity index is 1.55. The van der Waals surface area contributed by atoms with E-state index < -0.39 is 0 Å². The van der Waals surface area contributed by atoms with Crippen molar-refractivity contribution in [3.05, 3.63) is 55.9 Å². The molecule has 124 valence electrons. The zero-order valence-corrected chi connectivity index (χ0v) is 16.2. The van der Waals surface area contributed by atoms with Gasteiger partial charge in [0.05, 0.1) is 6.67 Å². The van der Waals surface area contributed by atoms with E-state index in [0.29, 0.717) is 10.8 Å². The minimum absolute atomic E-state index is 0.602. The number of hydrogen-bond acceptors (Lipinski definition) is 4. The van der Waals surface area contributed by atoms with Crippen molar-refractivity contribution in [2.45, 2.75) is 32.1 Å². The third-order valence-corrected chi connectivity index (χ3v) is 5.82. The summed E-state index contributed by atoms with van der Waals surface area (Å²) < 4.78 is 3.63. The molecule has 1 aliphatic rings. The van der Waals surface area contributed by atoms with Gasteiger partial charge in [-0.1, -0.05) is 34.1 Å². The van der Waals surface area contributed by atoms with E-state index in [0.717, 1.165) is 29.1 Å². The molecule has 7 heteroatoms. The fourth-order valence-electron chi connectivity index (χ4n) is 2.71. The SMILES string of the molecule is S=c1nc(-c2ccc(Br)cc2)[nH]n1CN(Cc1cccs1)C1CC1. The van der Waals surface area contributed by atoms with Crippen molar-refractivity contribution >= 4 is 39.5 Å². The Kier molecular flexibility index (Phi) is 4.67. The number of halogens is 1. The lowest BCUT2D eigenvalue weighted by atomic mass is 10.2. The van der Waals surface area contributed by atoms with Crippen LogP contribution in [0.3, 0.4) is 0 Å². The fraction of sp³-hybridized carbons (Fsp3) is 0.294. The van der Waals surface area contributed by atoms with Gasteiger partial charge in [-0.05, 0) is 48.6 Å². The fourth-order valence-corrected chi connectivity index (χ4v) is 3.90. The summed E-state index contributed by atoms with van der Waals surface area (Å²) in [5.41, 5.74) is 1.04. The Morgan fingerprint density at radius 3 is 2.75 bits per heavy atom. The van der Waals surface area contributed by atoms with Crippen LogP contribution >= 0.6 is 39.5 Å². The van der Waals surface area contributed by atoms with Crippen LogP contribution in [0.2, 0.25) is 0 Å². The smallest absolute Gasteiger partial charge is 0.217 e. The lowest BCUT2D eigenvalue weighted by Crippen LogP contribution is -2.28. The Bertz CT molecular complexity index is 863. The van der Waals surface area contributed by atoms with Gasteiger partial charge in [-0.2, -0.15) is 4.98 Å². The van der Waals surface area contributed by atoms with Crippen LogP contribution in [0, 0.1) is 4.77 Å². The average molecular weight is 421 g/mol. The van der Waals surface area contributed by atoms with Crippen molar-refractivity contribution in [2.75, 3.05) is 0 Å². The van der Waals surface area contributed by atoms with E-state index in [9.17, 15) is 0 Å². The van der Waals surface area contributed by atoms with Crippen LogP contribution in [0.15, 0.2) is 46.3 Å². The molecule has 2 heterocycles. The molecule has 1 aromatic carbocycles. The summed E-state index contributed by atoms with van der Waals surface area (Å²) >= 11 is 10.7. The molecule has 4 rings (SSSR count). The summed E-state index contributed by atoms with van der Waals surface area (Å²) in [4.78, 5) is 8.39. The van der Waals surface area contributed by atoms with Crippen LogP contribution in [0.25, 0.3) is 11.4 Å². The largest absolute Gasteiger partial charge is 0.278 e. The van der Waals surface area contributed by atoms with Gasteiger partial charge in [0.1, 0.15) is 0 Å². The van der Waals surface area contributed by atoms with Crippen molar-refractivity contribution in [3.63, 3.8) is 0 Å². The molecule has 1 aliphatic carbocycles. The van der Waals surface area contributed by atoms with Gasteiger partial charge in [0.15, 0.2) is 5.82 Å². The maximum atomic E-state index is 5.46. The molecule has 0 saturated heterocycles. The van der Waals surface area contributed by atoms with Gasteiger partial charge in [0.25, 0.3) is 0 Å². The van der Waals surface area contributed by atoms with Crippen molar-refractivity contribution in [1.82, 2.24) is 19.7 Å². The molecule has 3 aromatic rings. The highest BCUT2D eigenvalue weighted by molar-refractivity contribution is 9.10. The van der Waals surface area contributed by atoms with Crippen molar-refractivity contribution in [1.29, 1.82) is 0 Å². The number of nitrogens with zero attached hydrogens (tertiary/aromatic N) is 3. The highest BCUT2D eigenvalue weighted by Gasteiger charge is 2.29. The molecule has 1 saturated carbocycles. The number of hydrogen-bond donors (Lipinski definition) is 1. The highest BCUT2D eigenvalue weighted by Crippen LogP contribution is 2.29. The second kappa shape index (κ2) is 6.92. The van der Waals surface area contributed by atoms with E-state index in [1.807, 2.05) is 40.3 Å². The molecule has 0 spiro atoms. The summed E-state index contributed by atoms with van der Waals surface area (Å²) in [7, 11) is 0. The first-order valence-corrected chi connectivity index (χ1v) is 9.96. The second-order valence-corrected chi connectivity index (χ2v) is 8.30. The number of nitrogens with one attached hydrogen (secondary N) is 1. The van der Waals surface area contributed by atoms with Crippen molar-refractivity contribution in [3.8, 4) is 11.4 Å². The van der Waals surface area contributed by atoms with Crippen LogP contribution in [0.4, 0.5) is 0 Å². The Morgan fingerprint density at radius 1 is 1.29 bits per heavy atom.